The van der Waals surface area contributed by atoms with Gasteiger partial charge in [0.05, 0.1) is 24.7 Å². The molecule has 6 nitrogen and oxygen atoms in total. The zero-order valence-electron chi connectivity index (χ0n) is 20.1. The summed E-state index contributed by atoms with van der Waals surface area (Å²) in [6, 6.07) is 23.8. The monoisotopic (exact) mass is 459 g/mol. The Kier molecular flexibility index (Phi) is 9.90. The Hall–Kier alpha value is -3.40. The van der Waals surface area contributed by atoms with Gasteiger partial charge in [0, 0.05) is 33.4 Å². The van der Waals surface area contributed by atoms with Gasteiger partial charge in [-0.3, -0.25) is 9.69 Å². The molecule has 34 heavy (non-hydrogen) atoms. The minimum absolute atomic E-state index is 0.0658. The first-order valence-electron chi connectivity index (χ1n) is 11.6. The molecule has 0 unspecified atom stereocenters. The number of carbonyl (C=O) groups excluding carboxylic acids is 1. The molecule has 1 aromatic heterocycles. The molecular weight excluding hydrogens is 426 g/mol. The molecule has 0 aliphatic rings. The number of carbonyl (C=O) groups is 1. The fourth-order valence-corrected chi connectivity index (χ4v) is 3.84. The minimum atomic E-state index is 0.0658. The number of methoxy groups -OCH3 is 1. The Bertz CT molecular complexity index is 1050. The molecule has 1 amide bonds. The SMILES string of the molecule is COCCCN(CC(=O)N(CCc1ccccc1)Cc1ccc(C)o1)Cc1ccc(C#N)cc1. The summed E-state index contributed by atoms with van der Waals surface area (Å²) >= 11 is 0. The topological polar surface area (TPSA) is 69.7 Å². The predicted octanol–water partition coefficient (Wildman–Crippen LogP) is 4.57. The summed E-state index contributed by atoms with van der Waals surface area (Å²) in [7, 11) is 1.69. The Balaban J connectivity index is 1.70. The molecule has 0 radical (unpaired) electrons. The van der Waals surface area contributed by atoms with E-state index in [0.29, 0.717) is 38.3 Å². The second-order valence-electron chi connectivity index (χ2n) is 8.43. The molecular formula is C28H33N3O3. The molecule has 0 saturated carbocycles. The van der Waals surface area contributed by atoms with E-state index < -0.39 is 0 Å². The van der Waals surface area contributed by atoms with Crippen molar-refractivity contribution in [2.24, 2.45) is 0 Å². The third-order valence-electron chi connectivity index (χ3n) is 5.68. The van der Waals surface area contributed by atoms with Crippen molar-refractivity contribution in [3.05, 3.63) is 94.9 Å². The van der Waals surface area contributed by atoms with Crippen LogP contribution in [0.1, 0.15) is 34.6 Å². The van der Waals surface area contributed by atoms with E-state index in [2.05, 4.69) is 23.1 Å². The van der Waals surface area contributed by atoms with E-state index in [1.807, 2.05) is 66.4 Å². The van der Waals surface area contributed by atoms with Crippen molar-refractivity contribution in [1.29, 1.82) is 5.26 Å². The molecule has 0 N–H and O–H groups in total. The lowest BCUT2D eigenvalue weighted by Crippen LogP contribution is -2.41. The number of nitrogens with zero attached hydrogens (tertiary/aromatic N) is 3. The van der Waals surface area contributed by atoms with Crippen molar-refractivity contribution in [3.8, 4) is 6.07 Å². The van der Waals surface area contributed by atoms with Crippen molar-refractivity contribution >= 4 is 5.91 Å². The summed E-state index contributed by atoms with van der Waals surface area (Å²) < 4.78 is 11.0. The predicted molar refractivity (Wildman–Crippen MR) is 132 cm³/mol. The van der Waals surface area contributed by atoms with Gasteiger partial charge in [0.2, 0.25) is 5.91 Å². The van der Waals surface area contributed by atoms with Crippen LogP contribution in [0.2, 0.25) is 0 Å². The molecule has 178 valence electrons. The van der Waals surface area contributed by atoms with Crippen molar-refractivity contribution in [1.82, 2.24) is 9.80 Å². The van der Waals surface area contributed by atoms with E-state index in [9.17, 15) is 4.79 Å². The molecule has 0 aliphatic carbocycles. The van der Waals surface area contributed by atoms with E-state index in [-0.39, 0.29) is 5.91 Å². The second kappa shape index (κ2) is 13.3. The van der Waals surface area contributed by atoms with Gasteiger partial charge in [-0.2, -0.15) is 5.26 Å². The number of furan rings is 1. The normalized spacial score (nSPS) is 10.9. The van der Waals surface area contributed by atoms with Gasteiger partial charge in [0.25, 0.3) is 0 Å². The van der Waals surface area contributed by atoms with Gasteiger partial charge in [-0.25, -0.2) is 0 Å². The van der Waals surface area contributed by atoms with Crippen molar-refractivity contribution in [3.63, 3.8) is 0 Å². The van der Waals surface area contributed by atoms with E-state index in [1.165, 1.54) is 5.56 Å². The van der Waals surface area contributed by atoms with E-state index in [4.69, 9.17) is 14.4 Å². The van der Waals surface area contributed by atoms with Crippen LogP contribution in [0.5, 0.6) is 0 Å². The van der Waals surface area contributed by atoms with E-state index in [1.54, 1.807) is 7.11 Å². The van der Waals surface area contributed by atoms with Crippen LogP contribution in [0.15, 0.2) is 71.1 Å². The first-order valence-corrected chi connectivity index (χ1v) is 11.6. The molecule has 0 bridgehead atoms. The quantitative estimate of drug-likeness (QED) is 0.350. The van der Waals surface area contributed by atoms with Gasteiger partial charge in [0.15, 0.2) is 0 Å². The molecule has 2 aromatic carbocycles. The third-order valence-corrected chi connectivity index (χ3v) is 5.68. The third kappa shape index (κ3) is 8.18. The van der Waals surface area contributed by atoms with Crippen LogP contribution in [0, 0.1) is 18.3 Å². The molecule has 3 aromatic rings. The zero-order valence-corrected chi connectivity index (χ0v) is 20.1. The molecule has 0 saturated heterocycles. The van der Waals surface area contributed by atoms with Gasteiger partial charge < -0.3 is 14.1 Å². The van der Waals surface area contributed by atoms with Gasteiger partial charge in [-0.05, 0) is 55.2 Å². The maximum atomic E-state index is 13.5. The van der Waals surface area contributed by atoms with E-state index in [0.717, 1.165) is 36.5 Å². The highest BCUT2D eigenvalue weighted by atomic mass is 16.5. The Morgan fingerprint density at radius 2 is 1.74 bits per heavy atom. The number of ether oxygens (including phenoxy) is 1. The van der Waals surface area contributed by atoms with Crippen LogP contribution < -0.4 is 0 Å². The van der Waals surface area contributed by atoms with Gasteiger partial charge in [0.1, 0.15) is 11.5 Å². The number of nitriles is 1. The fourth-order valence-electron chi connectivity index (χ4n) is 3.84. The summed E-state index contributed by atoms with van der Waals surface area (Å²) in [6.45, 7) is 5.29. The van der Waals surface area contributed by atoms with Gasteiger partial charge in [-0.15, -0.1) is 0 Å². The maximum Gasteiger partial charge on any atom is 0.237 e. The highest BCUT2D eigenvalue weighted by molar-refractivity contribution is 5.78. The number of benzene rings is 2. The highest BCUT2D eigenvalue weighted by Gasteiger charge is 2.19. The fraction of sp³-hybridized carbons (Fsp3) is 0.357. The number of aryl methyl sites for hydroxylation is 1. The average molecular weight is 460 g/mol. The van der Waals surface area contributed by atoms with Gasteiger partial charge in [-0.1, -0.05) is 42.5 Å². The first-order chi connectivity index (χ1) is 16.6. The summed E-state index contributed by atoms with van der Waals surface area (Å²) in [5.41, 5.74) is 2.90. The smallest absolute Gasteiger partial charge is 0.237 e. The Morgan fingerprint density at radius 1 is 0.971 bits per heavy atom. The molecule has 1 heterocycles. The molecule has 0 fully saturated rings. The standard InChI is InChI=1S/C28H33N3O3/c1-23-9-14-27(34-23)21-31(17-15-24-7-4-3-5-8-24)28(32)22-30(16-6-18-33-2)20-26-12-10-25(19-29)11-13-26/h3-5,7-14H,6,15-18,20-22H2,1-2H3. The lowest BCUT2D eigenvalue weighted by atomic mass is 10.1. The minimum Gasteiger partial charge on any atom is -0.464 e. The van der Waals surface area contributed by atoms with Crippen LogP contribution in [0.4, 0.5) is 0 Å². The molecule has 0 aliphatic heterocycles. The maximum absolute atomic E-state index is 13.5. The Morgan fingerprint density at radius 3 is 2.38 bits per heavy atom. The number of hydrogen-bond donors (Lipinski definition) is 0. The van der Waals surface area contributed by atoms with Gasteiger partial charge >= 0.3 is 0 Å². The van der Waals surface area contributed by atoms with Crippen LogP contribution in [0.25, 0.3) is 0 Å². The van der Waals surface area contributed by atoms with Crippen molar-refractivity contribution in [2.45, 2.75) is 32.9 Å². The number of rotatable bonds is 13. The van der Waals surface area contributed by atoms with E-state index >= 15 is 0 Å². The molecule has 0 spiro atoms. The van der Waals surface area contributed by atoms with Crippen molar-refractivity contribution < 1.29 is 13.9 Å². The summed E-state index contributed by atoms with van der Waals surface area (Å²) in [5, 5.41) is 9.06. The molecule has 0 atom stereocenters. The van der Waals surface area contributed by atoms with Crippen LogP contribution in [-0.2, 0) is 29.0 Å². The summed E-state index contributed by atoms with van der Waals surface area (Å²) in [4.78, 5) is 17.5. The number of amides is 1. The molecule has 3 rings (SSSR count). The Labute approximate surface area is 202 Å². The largest absolute Gasteiger partial charge is 0.464 e. The van der Waals surface area contributed by atoms with Crippen LogP contribution in [-0.4, -0.2) is 49.1 Å². The highest BCUT2D eigenvalue weighted by Crippen LogP contribution is 2.13. The lowest BCUT2D eigenvalue weighted by Gasteiger charge is -2.27. The average Bonchev–Trinajstić information content (AvgIpc) is 3.27. The molecule has 6 heteroatoms. The zero-order chi connectivity index (χ0) is 24.2. The second-order valence-corrected chi connectivity index (χ2v) is 8.43. The number of hydrogen-bond acceptors (Lipinski definition) is 5. The van der Waals surface area contributed by atoms with Crippen LogP contribution >= 0.6 is 0 Å². The van der Waals surface area contributed by atoms with Crippen LogP contribution in [0.3, 0.4) is 0 Å². The summed E-state index contributed by atoms with van der Waals surface area (Å²) in [5.74, 6) is 1.69. The summed E-state index contributed by atoms with van der Waals surface area (Å²) in [6.07, 6.45) is 1.62. The lowest BCUT2D eigenvalue weighted by molar-refractivity contribution is -0.133. The van der Waals surface area contributed by atoms with Crippen molar-refractivity contribution in [2.75, 3.05) is 33.4 Å². The first kappa shape index (κ1) is 25.2.